The molecule has 0 radical (unpaired) electrons. The van der Waals surface area contributed by atoms with Crippen LogP contribution in [0.2, 0.25) is 0 Å². The molecule has 1 heterocycles. The third-order valence-electron chi connectivity index (χ3n) is 3.37. The molecule has 0 atom stereocenters. The maximum absolute atomic E-state index is 13.5. The summed E-state index contributed by atoms with van der Waals surface area (Å²) in [5.41, 5.74) is 0.852. The molecule has 2 aromatic carbocycles. The molecule has 0 saturated carbocycles. The lowest BCUT2D eigenvalue weighted by atomic mass is 10.3. The first-order valence-corrected chi connectivity index (χ1v) is 7.27. The van der Waals surface area contributed by atoms with Crippen LogP contribution in [0.1, 0.15) is 11.5 Å². The summed E-state index contributed by atoms with van der Waals surface area (Å²) >= 11 is 0. The van der Waals surface area contributed by atoms with E-state index in [1.54, 1.807) is 36.4 Å². The van der Waals surface area contributed by atoms with E-state index in [2.05, 4.69) is 10.6 Å². The molecule has 118 valence electrons. The van der Waals surface area contributed by atoms with Crippen LogP contribution < -0.4 is 10.6 Å². The highest BCUT2D eigenvalue weighted by atomic mass is 19.1. The molecule has 0 spiro atoms. The van der Waals surface area contributed by atoms with Gasteiger partial charge in [-0.15, -0.1) is 0 Å². The molecule has 5 heteroatoms. The Kier molecular flexibility index (Phi) is 4.57. The van der Waals surface area contributed by atoms with E-state index < -0.39 is 0 Å². The number of anilines is 2. The van der Waals surface area contributed by atoms with Crippen LogP contribution in [0.15, 0.2) is 65.1 Å². The van der Waals surface area contributed by atoms with Crippen molar-refractivity contribution in [2.45, 2.75) is 13.1 Å². The van der Waals surface area contributed by atoms with Crippen LogP contribution in [0.5, 0.6) is 0 Å². The smallest absolute Gasteiger partial charge is 0.146 e. The van der Waals surface area contributed by atoms with Crippen LogP contribution in [0.25, 0.3) is 0 Å². The minimum Gasteiger partial charge on any atom is -0.462 e. The van der Waals surface area contributed by atoms with Gasteiger partial charge in [-0.25, -0.2) is 8.78 Å². The van der Waals surface area contributed by atoms with E-state index in [0.717, 1.165) is 0 Å². The van der Waals surface area contributed by atoms with Crippen molar-refractivity contribution >= 4 is 11.4 Å². The van der Waals surface area contributed by atoms with E-state index in [-0.39, 0.29) is 11.6 Å². The molecular weight excluding hydrogens is 298 g/mol. The third-order valence-corrected chi connectivity index (χ3v) is 3.37. The van der Waals surface area contributed by atoms with Gasteiger partial charge in [0, 0.05) is 0 Å². The fraction of sp³-hybridized carbons (Fsp3) is 0.111. The Hall–Kier alpha value is -2.82. The SMILES string of the molecule is Fc1ccccc1NCc1ccc(CNc2ccccc2F)o1. The van der Waals surface area contributed by atoms with Crippen LogP contribution in [-0.4, -0.2) is 0 Å². The van der Waals surface area contributed by atoms with Gasteiger partial charge < -0.3 is 15.1 Å². The number of furan rings is 1. The molecule has 0 unspecified atom stereocenters. The Bertz CT molecular complexity index is 722. The van der Waals surface area contributed by atoms with Crippen molar-refractivity contribution in [2.24, 2.45) is 0 Å². The van der Waals surface area contributed by atoms with E-state index in [1.165, 1.54) is 12.1 Å². The highest BCUT2D eigenvalue weighted by Gasteiger charge is 2.05. The van der Waals surface area contributed by atoms with E-state index in [9.17, 15) is 8.78 Å². The second-order valence-electron chi connectivity index (χ2n) is 5.03. The first kappa shape index (κ1) is 15.1. The van der Waals surface area contributed by atoms with Crippen LogP contribution >= 0.6 is 0 Å². The molecule has 3 aromatic rings. The molecule has 1 aromatic heterocycles. The standard InChI is InChI=1S/C18H16F2N2O/c19-15-5-1-3-7-17(15)21-11-13-9-10-14(23-13)12-22-18-8-4-2-6-16(18)20/h1-10,21-22H,11-12H2. The lowest BCUT2D eigenvalue weighted by Crippen LogP contribution is -2.01. The van der Waals surface area contributed by atoms with Crippen molar-refractivity contribution in [3.8, 4) is 0 Å². The molecule has 23 heavy (non-hydrogen) atoms. The second-order valence-corrected chi connectivity index (χ2v) is 5.03. The van der Waals surface area contributed by atoms with Gasteiger partial charge in [0.15, 0.2) is 0 Å². The van der Waals surface area contributed by atoms with E-state index in [1.807, 2.05) is 12.1 Å². The number of para-hydroxylation sites is 2. The Morgan fingerprint density at radius 1 is 0.652 bits per heavy atom. The highest BCUT2D eigenvalue weighted by Crippen LogP contribution is 2.17. The normalized spacial score (nSPS) is 10.5. The summed E-state index contributed by atoms with van der Waals surface area (Å²) in [4.78, 5) is 0. The molecule has 0 aliphatic rings. The maximum Gasteiger partial charge on any atom is 0.146 e. The largest absolute Gasteiger partial charge is 0.462 e. The zero-order valence-electron chi connectivity index (χ0n) is 12.4. The lowest BCUT2D eigenvalue weighted by Gasteiger charge is -2.06. The van der Waals surface area contributed by atoms with Crippen LogP contribution in [0.3, 0.4) is 0 Å². The van der Waals surface area contributed by atoms with E-state index in [4.69, 9.17) is 4.42 Å². The van der Waals surface area contributed by atoms with Crippen molar-refractivity contribution in [2.75, 3.05) is 10.6 Å². The van der Waals surface area contributed by atoms with Crippen LogP contribution in [0, 0.1) is 11.6 Å². The number of benzene rings is 2. The van der Waals surface area contributed by atoms with Gasteiger partial charge in [-0.1, -0.05) is 24.3 Å². The molecule has 0 bridgehead atoms. The summed E-state index contributed by atoms with van der Waals surface area (Å²) < 4.78 is 32.6. The highest BCUT2D eigenvalue weighted by molar-refractivity contribution is 5.45. The predicted octanol–water partition coefficient (Wildman–Crippen LogP) is 4.78. The third kappa shape index (κ3) is 3.88. The van der Waals surface area contributed by atoms with Crippen LogP contribution in [0.4, 0.5) is 20.2 Å². The Labute approximate surface area is 133 Å². The van der Waals surface area contributed by atoms with Crippen molar-refractivity contribution in [3.05, 3.63) is 83.8 Å². The Balaban J connectivity index is 1.56. The average molecular weight is 314 g/mol. The average Bonchev–Trinajstić information content (AvgIpc) is 3.01. The summed E-state index contributed by atoms with van der Waals surface area (Å²) in [6.07, 6.45) is 0. The molecule has 0 aliphatic heterocycles. The van der Waals surface area contributed by atoms with Gasteiger partial charge in [0.05, 0.1) is 24.5 Å². The molecule has 0 amide bonds. The quantitative estimate of drug-likeness (QED) is 0.687. The van der Waals surface area contributed by atoms with Crippen molar-refractivity contribution < 1.29 is 13.2 Å². The van der Waals surface area contributed by atoms with E-state index in [0.29, 0.717) is 36.0 Å². The molecule has 3 rings (SSSR count). The summed E-state index contributed by atoms with van der Waals surface area (Å²) in [6.45, 7) is 0.751. The molecule has 3 nitrogen and oxygen atoms in total. The van der Waals surface area contributed by atoms with Gasteiger partial charge in [0.25, 0.3) is 0 Å². The number of halogens is 2. The molecule has 0 aliphatic carbocycles. The summed E-state index contributed by atoms with van der Waals surface area (Å²) in [5, 5.41) is 5.95. The number of rotatable bonds is 6. The van der Waals surface area contributed by atoms with E-state index >= 15 is 0 Å². The Morgan fingerprint density at radius 3 is 1.52 bits per heavy atom. The first-order chi connectivity index (χ1) is 11.2. The molecule has 0 saturated heterocycles. The van der Waals surface area contributed by atoms with Crippen LogP contribution in [-0.2, 0) is 13.1 Å². The monoisotopic (exact) mass is 314 g/mol. The number of hydrogen-bond donors (Lipinski definition) is 2. The zero-order valence-corrected chi connectivity index (χ0v) is 12.4. The lowest BCUT2D eigenvalue weighted by molar-refractivity contribution is 0.476. The fourth-order valence-electron chi connectivity index (χ4n) is 2.19. The number of hydrogen-bond acceptors (Lipinski definition) is 3. The van der Waals surface area contributed by atoms with Gasteiger partial charge in [0.1, 0.15) is 23.2 Å². The molecule has 2 N–H and O–H groups in total. The van der Waals surface area contributed by atoms with Gasteiger partial charge in [-0.05, 0) is 36.4 Å². The fourth-order valence-corrected chi connectivity index (χ4v) is 2.19. The topological polar surface area (TPSA) is 37.2 Å². The zero-order chi connectivity index (χ0) is 16.1. The summed E-state index contributed by atoms with van der Waals surface area (Å²) in [5.74, 6) is 0.748. The minimum atomic E-state index is -0.305. The second kappa shape index (κ2) is 6.96. The van der Waals surface area contributed by atoms with Crippen molar-refractivity contribution in [1.29, 1.82) is 0 Å². The Morgan fingerprint density at radius 2 is 1.09 bits per heavy atom. The molecular formula is C18H16F2N2O. The first-order valence-electron chi connectivity index (χ1n) is 7.27. The molecule has 0 fully saturated rings. The van der Waals surface area contributed by atoms with Crippen molar-refractivity contribution in [3.63, 3.8) is 0 Å². The maximum atomic E-state index is 13.5. The number of nitrogens with one attached hydrogen (secondary N) is 2. The van der Waals surface area contributed by atoms with Gasteiger partial charge >= 0.3 is 0 Å². The predicted molar refractivity (Wildman–Crippen MR) is 86.2 cm³/mol. The van der Waals surface area contributed by atoms with Gasteiger partial charge in [-0.3, -0.25) is 0 Å². The summed E-state index contributed by atoms with van der Waals surface area (Å²) in [6, 6.07) is 16.5. The van der Waals surface area contributed by atoms with Crippen molar-refractivity contribution in [1.82, 2.24) is 0 Å². The van der Waals surface area contributed by atoms with Gasteiger partial charge in [-0.2, -0.15) is 0 Å². The van der Waals surface area contributed by atoms with Gasteiger partial charge in [0.2, 0.25) is 0 Å². The summed E-state index contributed by atoms with van der Waals surface area (Å²) in [7, 11) is 0. The minimum absolute atomic E-state index is 0.305.